The van der Waals surface area contributed by atoms with Gasteiger partial charge in [0.15, 0.2) is 0 Å². The number of carbonyl (C=O) groups is 1. The number of furan rings is 1. The van der Waals surface area contributed by atoms with Crippen LogP contribution in [-0.4, -0.2) is 18.0 Å². The zero-order chi connectivity index (χ0) is 17.1. The summed E-state index contributed by atoms with van der Waals surface area (Å²) in [5, 5.41) is 14.3. The largest absolute Gasteiger partial charge is 0.466 e. The highest BCUT2D eigenvalue weighted by Crippen LogP contribution is 2.32. The van der Waals surface area contributed by atoms with Gasteiger partial charge in [-0.05, 0) is 26.0 Å². The fourth-order valence-electron chi connectivity index (χ4n) is 2.17. The molecule has 122 valence electrons. The number of halogens is 1. The molecule has 0 aliphatic heterocycles. The lowest BCUT2D eigenvalue weighted by molar-refractivity contribution is -0.384. The molecule has 0 amide bonds. The van der Waals surface area contributed by atoms with Crippen molar-refractivity contribution < 1.29 is 18.9 Å². The summed E-state index contributed by atoms with van der Waals surface area (Å²) in [4.78, 5) is 22.2. The summed E-state index contributed by atoms with van der Waals surface area (Å²) >= 11 is 6.01. The van der Waals surface area contributed by atoms with E-state index in [1.807, 2.05) is 19.9 Å². The number of hydrogen-bond acceptors (Lipinski definition) is 6. The number of rotatable bonds is 5. The monoisotopic (exact) mass is 338 g/mol. The van der Waals surface area contributed by atoms with E-state index < -0.39 is 10.9 Å². The van der Waals surface area contributed by atoms with Gasteiger partial charge in [0.25, 0.3) is 5.69 Å². The van der Waals surface area contributed by atoms with Crippen LogP contribution in [0.5, 0.6) is 0 Å². The number of carbonyl (C=O) groups excluding carboxylic acids is 1. The summed E-state index contributed by atoms with van der Waals surface area (Å²) in [6.07, 6.45) is 0. The number of esters is 1. The van der Waals surface area contributed by atoms with E-state index in [1.54, 1.807) is 0 Å². The van der Waals surface area contributed by atoms with Crippen LogP contribution in [0, 0.1) is 24.0 Å². The Kier molecular flexibility index (Phi) is 4.90. The molecule has 0 aliphatic carbocycles. The minimum Gasteiger partial charge on any atom is -0.466 e. The second-order valence-corrected chi connectivity index (χ2v) is 5.30. The van der Waals surface area contributed by atoms with Crippen molar-refractivity contribution in [3.05, 3.63) is 56.0 Å². The molecule has 1 heterocycles. The molecule has 0 fully saturated rings. The first-order valence-electron chi connectivity index (χ1n) is 6.69. The number of nitro groups is 1. The lowest BCUT2D eigenvalue weighted by Crippen LogP contribution is -2.07. The van der Waals surface area contributed by atoms with Crippen molar-refractivity contribution in [3.8, 4) is 0 Å². The summed E-state index contributed by atoms with van der Waals surface area (Å²) in [5.74, 6) is 0.758. The Labute approximate surface area is 137 Å². The van der Waals surface area contributed by atoms with Crippen molar-refractivity contribution in [2.24, 2.45) is 0 Å². The number of nitrogens with zero attached hydrogens (tertiary/aromatic N) is 1. The van der Waals surface area contributed by atoms with Crippen LogP contribution in [-0.2, 0) is 11.3 Å². The highest BCUT2D eigenvalue weighted by atomic mass is 35.5. The van der Waals surface area contributed by atoms with Crippen LogP contribution in [0.15, 0.2) is 22.6 Å². The first kappa shape index (κ1) is 16.8. The van der Waals surface area contributed by atoms with Gasteiger partial charge >= 0.3 is 5.97 Å². The fraction of sp³-hybridized carbons (Fsp3) is 0.267. The van der Waals surface area contributed by atoms with Gasteiger partial charge in [-0.25, -0.2) is 4.79 Å². The van der Waals surface area contributed by atoms with Crippen LogP contribution < -0.4 is 5.32 Å². The van der Waals surface area contributed by atoms with Gasteiger partial charge in [-0.2, -0.15) is 0 Å². The lowest BCUT2D eigenvalue weighted by Gasteiger charge is -2.09. The first-order chi connectivity index (χ1) is 10.8. The van der Waals surface area contributed by atoms with E-state index in [-0.39, 0.29) is 22.0 Å². The van der Waals surface area contributed by atoms with Crippen LogP contribution in [0.2, 0.25) is 5.02 Å². The van der Waals surface area contributed by atoms with Gasteiger partial charge in [-0.15, -0.1) is 0 Å². The van der Waals surface area contributed by atoms with E-state index >= 15 is 0 Å². The first-order valence-corrected chi connectivity index (χ1v) is 7.07. The Hall–Kier alpha value is -2.54. The summed E-state index contributed by atoms with van der Waals surface area (Å²) in [6, 6.07) is 4.29. The fourth-order valence-corrected chi connectivity index (χ4v) is 2.41. The highest BCUT2D eigenvalue weighted by molar-refractivity contribution is 6.34. The van der Waals surface area contributed by atoms with E-state index in [1.165, 1.54) is 13.2 Å². The molecule has 23 heavy (non-hydrogen) atoms. The van der Waals surface area contributed by atoms with Gasteiger partial charge in [-0.1, -0.05) is 11.6 Å². The third kappa shape index (κ3) is 3.62. The average molecular weight is 339 g/mol. The van der Waals surface area contributed by atoms with E-state index in [0.29, 0.717) is 6.54 Å². The third-order valence-corrected chi connectivity index (χ3v) is 3.61. The number of hydrogen-bond donors (Lipinski definition) is 1. The molecule has 1 aromatic carbocycles. The minimum atomic E-state index is -0.731. The molecular weight excluding hydrogens is 324 g/mol. The van der Waals surface area contributed by atoms with Gasteiger partial charge in [0, 0.05) is 18.2 Å². The molecule has 2 aromatic rings. The topological polar surface area (TPSA) is 94.6 Å². The Morgan fingerprint density at radius 2 is 2.09 bits per heavy atom. The molecule has 0 aliphatic rings. The van der Waals surface area contributed by atoms with E-state index in [0.717, 1.165) is 23.2 Å². The number of nitro benzene ring substituents is 1. The number of nitrogens with one attached hydrogen (secondary N) is 1. The van der Waals surface area contributed by atoms with E-state index in [2.05, 4.69) is 10.1 Å². The van der Waals surface area contributed by atoms with Crippen LogP contribution in [0.1, 0.15) is 27.4 Å². The molecule has 0 spiro atoms. The van der Waals surface area contributed by atoms with Crippen LogP contribution in [0.4, 0.5) is 11.4 Å². The third-order valence-electron chi connectivity index (χ3n) is 3.30. The maximum Gasteiger partial charge on any atom is 0.339 e. The Morgan fingerprint density at radius 1 is 1.39 bits per heavy atom. The standard InChI is InChI=1S/C15H15ClN2O5/c1-8-4-10(9(2)23-8)7-17-13-6-12(16)11(15(19)22-3)5-14(13)18(20)21/h4-6,17H,7H2,1-3H3. The van der Waals surface area contributed by atoms with Crippen LogP contribution in [0.25, 0.3) is 0 Å². The zero-order valence-electron chi connectivity index (χ0n) is 12.8. The van der Waals surface area contributed by atoms with E-state index in [9.17, 15) is 14.9 Å². The Bertz CT molecular complexity index is 769. The number of anilines is 1. The Balaban J connectivity index is 2.34. The number of benzene rings is 1. The number of methoxy groups -OCH3 is 1. The smallest absolute Gasteiger partial charge is 0.339 e. The molecule has 2 rings (SSSR count). The molecule has 7 nitrogen and oxygen atoms in total. The van der Waals surface area contributed by atoms with E-state index in [4.69, 9.17) is 16.0 Å². The summed E-state index contributed by atoms with van der Waals surface area (Å²) in [6.45, 7) is 3.96. The van der Waals surface area contributed by atoms with Gasteiger partial charge in [-0.3, -0.25) is 10.1 Å². The predicted molar refractivity (Wildman–Crippen MR) is 85.0 cm³/mol. The average Bonchev–Trinajstić information content (AvgIpc) is 2.81. The van der Waals surface area contributed by atoms with Crippen molar-refractivity contribution >= 4 is 28.9 Å². The molecule has 0 atom stereocenters. The van der Waals surface area contributed by atoms with Crippen molar-refractivity contribution in [3.63, 3.8) is 0 Å². The number of aryl methyl sites for hydroxylation is 2. The summed E-state index contributed by atoms with van der Waals surface area (Å²) < 4.78 is 9.97. The van der Waals surface area contributed by atoms with Crippen LogP contribution in [0.3, 0.4) is 0 Å². The lowest BCUT2D eigenvalue weighted by atomic mass is 10.1. The summed E-state index contributed by atoms with van der Waals surface area (Å²) in [5.41, 5.74) is 0.783. The molecule has 0 radical (unpaired) electrons. The maximum absolute atomic E-state index is 11.6. The second-order valence-electron chi connectivity index (χ2n) is 4.89. The SMILES string of the molecule is COC(=O)c1cc([N+](=O)[O-])c(NCc2cc(C)oc2C)cc1Cl. The minimum absolute atomic E-state index is 0.0539. The van der Waals surface area contributed by atoms with Gasteiger partial charge in [0.2, 0.25) is 0 Å². The normalized spacial score (nSPS) is 10.4. The molecule has 0 saturated heterocycles. The predicted octanol–water partition coefficient (Wildman–Crippen LogP) is 3.86. The maximum atomic E-state index is 11.6. The molecule has 1 N–H and O–H groups in total. The van der Waals surface area contributed by atoms with Crippen molar-refractivity contribution in [2.75, 3.05) is 12.4 Å². The molecule has 0 unspecified atom stereocenters. The molecule has 8 heteroatoms. The van der Waals surface area contributed by atoms with Gasteiger partial charge in [0.1, 0.15) is 17.2 Å². The zero-order valence-corrected chi connectivity index (χ0v) is 13.6. The van der Waals surface area contributed by atoms with Crippen molar-refractivity contribution in [1.82, 2.24) is 0 Å². The molecule has 1 aromatic heterocycles. The van der Waals surface area contributed by atoms with Crippen molar-refractivity contribution in [1.29, 1.82) is 0 Å². The van der Waals surface area contributed by atoms with Crippen LogP contribution >= 0.6 is 11.6 Å². The second kappa shape index (κ2) is 6.70. The van der Waals surface area contributed by atoms with Gasteiger partial charge < -0.3 is 14.5 Å². The molecule has 0 saturated carbocycles. The molecule has 0 bridgehead atoms. The number of ether oxygens (including phenoxy) is 1. The quantitative estimate of drug-likeness (QED) is 0.505. The summed E-state index contributed by atoms with van der Waals surface area (Å²) in [7, 11) is 1.18. The van der Waals surface area contributed by atoms with Gasteiger partial charge in [0.05, 0.1) is 22.6 Å². The van der Waals surface area contributed by atoms with Crippen molar-refractivity contribution in [2.45, 2.75) is 20.4 Å². The highest BCUT2D eigenvalue weighted by Gasteiger charge is 2.22. The molecular formula is C15H15ClN2O5. The Morgan fingerprint density at radius 3 is 2.61 bits per heavy atom.